The predicted octanol–water partition coefficient (Wildman–Crippen LogP) is 7.48. The molecule has 0 bridgehead atoms. The summed E-state index contributed by atoms with van der Waals surface area (Å²) in [5.74, 6) is -3.06. The Bertz CT molecular complexity index is 3020. The molecule has 3 fully saturated rings. The first-order valence-corrected chi connectivity index (χ1v) is 26.5. The van der Waals surface area contributed by atoms with Crippen LogP contribution in [0.1, 0.15) is 56.7 Å². The Labute approximate surface area is 400 Å². The summed E-state index contributed by atoms with van der Waals surface area (Å²) in [4.78, 5) is 58.5. The molecule has 3 aromatic heterocycles. The molecule has 1 atom stereocenters. The smallest absolute Gasteiger partial charge is 0.420 e. The summed E-state index contributed by atoms with van der Waals surface area (Å²) >= 11 is 3.60. The van der Waals surface area contributed by atoms with E-state index in [-0.39, 0.29) is 23.9 Å². The standard InChI is InChI=1S/C48H54BrF2N10O6P/c1-5-28-24-35(55-47-53-26-32(49)45(57-47)54-36-27-52-34-10-8-7-9-31(34)44(36)68(3,4)65)39(66-6-2)25-38(28)60-17-14-30(15-18-60)59-21-19-58(20-22-59)16-13-29-23-33(50)41(51)42-43(29)67-48(64)61(42)37-11-12-40(62)56-46(37)63/h7-10,23-27,30,37H,5-6,11-22H2,1-4H3,(H,56,62,63)(H2,53,54,55,57). The van der Waals surface area contributed by atoms with Crippen molar-refractivity contribution in [1.82, 2.24) is 34.6 Å². The lowest BCUT2D eigenvalue weighted by molar-refractivity contribution is -0.135. The molecule has 16 nitrogen and oxygen atoms in total. The Hall–Kier alpha value is -5.75. The minimum Gasteiger partial charge on any atom is -0.492 e. The van der Waals surface area contributed by atoms with Gasteiger partial charge in [-0.15, -0.1) is 0 Å². The van der Waals surface area contributed by atoms with Gasteiger partial charge in [0, 0.05) is 92.5 Å². The lowest BCUT2D eigenvalue weighted by Crippen LogP contribution is -2.53. The van der Waals surface area contributed by atoms with Crippen LogP contribution >= 0.6 is 23.1 Å². The minimum atomic E-state index is -2.74. The van der Waals surface area contributed by atoms with Gasteiger partial charge in [0.05, 0.1) is 34.2 Å². The van der Waals surface area contributed by atoms with Gasteiger partial charge in [-0.05, 0) is 92.0 Å². The topological polar surface area (TPSA) is 180 Å². The third kappa shape index (κ3) is 9.62. The fraction of sp³-hybridized carbons (Fsp3) is 0.417. The molecule has 6 aromatic rings. The van der Waals surface area contributed by atoms with E-state index in [1.165, 1.54) is 0 Å². The first-order valence-electron chi connectivity index (χ1n) is 23.1. The summed E-state index contributed by atoms with van der Waals surface area (Å²) in [6.07, 6.45) is 6.42. The number of hydrogen-bond donors (Lipinski definition) is 3. The van der Waals surface area contributed by atoms with Crippen molar-refractivity contribution in [2.45, 2.75) is 64.5 Å². The number of pyridine rings is 1. The van der Waals surface area contributed by atoms with Crippen LogP contribution in [0, 0.1) is 11.6 Å². The van der Waals surface area contributed by atoms with Gasteiger partial charge in [-0.3, -0.25) is 29.4 Å². The van der Waals surface area contributed by atoms with E-state index in [0.717, 1.165) is 97.0 Å². The molecule has 0 saturated carbocycles. The maximum atomic E-state index is 15.2. The summed E-state index contributed by atoms with van der Waals surface area (Å²) in [6.45, 7) is 13.7. The number of benzene rings is 3. The van der Waals surface area contributed by atoms with Crippen molar-refractivity contribution in [2.24, 2.45) is 0 Å². The first-order chi connectivity index (χ1) is 32.7. The molecule has 3 saturated heterocycles. The summed E-state index contributed by atoms with van der Waals surface area (Å²) in [7, 11) is -2.74. The number of carbonyl (C=O) groups is 2. The molecule has 0 spiro atoms. The predicted molar refractivity (Wildman–Crippen MR) is 263 cm³/mol. The number of aromatic nitrogens is 4. The molecule has 2 amide bonds. The van der Waals surface area contributed by atoms with Gasteiger partial charge in [0.2, 0.25) is 17.8 Å². The van der Waals surface area contributed by atoms with E-state index in [0.29, 0.717) is 64.2 Å². The van der Waals surface area contributed by atoms with Crippen molar-refractivity contribution < 1.29 is 32.1 Å². The summed E-state index contributed by atoms with van der Waals surface area (Å²) in [6, 6.07) is 12.2. The van der Waals surface area contributed by atoms with Crippen LogP contribution in [0.2, 0.25) is 0 Å². The van der Waals surface area contributed by atoms with Crippen LogP contribution in [0.25, 0.3) is 22.0 Å². The zero-order valence-electron chi connectivity index (χ0n) is 38.4. The quantitative estimate of drug-likeness (QED) is 0.0722. The number of nitrogens with zero attached hydrogens (tertiary/aromatic N) is 7. The molecule has 6 heterocycles. The van der Waals surface area contributed by atoms with Crippen molar-refractivity contribution >= 4 is 91.0 Å². The number of hydrogen-bond acceptors (Lipinski definition) is 14. The van der Waals surface area contributed by atoms with Crippen LogP contribution in [0.5, 0.6) is 5.75 Å². The van der Waals surface area contributed by atoms with Crippen LogP contribution in [0.15, 0.2) is 68.5 Å². The SMILES string of the molecule is CCOc1cc(N2CCC(N3CCN(CCc4cc(F)c(F)c5c4oc(=O)n5C4CCC(=O)NC4=O)CC3)CC2)c(CC)cc1Nc1ncc(Br)c(Nc2cnc3ccccc3c2P(C)(C)=O)n1. The van der Waals surface area contributed by atoms with E-state index in [9.17, 15) is 23.3 Å². The van der Waals surface area contributed by atoms with E-state index in [4.69, 9.17) is 14.1 Å². The number of ether oxygens (including phenoxy) is 1. The van der Waals surface area contributed by atoms with Gasteiger partial charge in [-0.2, -0.15) is 4.98 Å². The van der Waals surface area contributed by atoms with Crippen molar-refractivity contribution in [2.75, 3.05) is 81.3 Å². The number of anilines is 5. The maximum absolute atomic E-state index is 15.2. The number of amides is 2. The van der Waals surface area contributed by atoms with Crippen molar-refractivity contribution in [1.29, 1.82) is 0 Å². The molecule has 3 aliphatic heterocycles. The molecule has 20 heteroatoms. The molecule has 1 unspecified atom stereocenters. The minimum absolute atomic E-state index is 0.0163. The van der Waals surface area contributed by atoms with Crippen LogP contribution in [-0.2, 0) is 27.0 Å². The molecule has 0 aliphatic carbocycles. The highest BCUT2D eigenvalue weighted by Crippen LogP contribution is 2.42. The summed E-state index contributed by atoms with van der Waals surface area (Å²) < 4.78 is 57.0. The number of oxazole rings is 1. The van der Waals surface area contributed by atoms with E-state index in [1.54, 1.807) is 25.7 Å². The second kappa shape index (κ2) is 19.7. The van der Waals surface area contributed by atoms with Crippen molar-refractivity contribution in [3.05, 3.63) is 92.6 Å². The third-order valence-electron chi connectivity index (χ3n) is 13.2. The highest BCUT2D eigenvalue weighted by atomic mass is 79.9. The number of rotatable bonds is 14. The highest BCUT2D eigenvalue weighted by molar-refractivity contribution is 9.10. The molecule has 3 N–H and O–H groups in total. The second-order valence-electron chi connectivity index (χ2n) is 17.9. The van der Waals surface area contributed by atoms with Gasteiger partial charge in [0.25, 0.3) is 0 Å². The Morgan fingerprint density at radius 3 is 2.41 bits per heavy atom. The van der Waals surface area contributed by atoms with Gasteiger partial charge in [0.1, 0.15) is 30.3 Å². The molecule has 0 radical (unpaired) electrons. The van der Waals surface area contributed by atoms with Crippen LogP contribution < -0.4 is 36.6 Å². The third-order valence-corrected chi connectivity index (χ3v) is 15.3. The van der Waals surface area contributed by atoms with E-state index >= 15 is 4.39 Å². The van der Waals surface area contributed by atoms with Crippen molar-refractivity contribution in [3.63, 3.8) is 0 Å². The molecule has 3 aliphatic rings. The number of piperidine rings is 2. The average Bonchev–Trinajstić information content (AvgIpc) is 3.67. The number of carbonyl (C=O) groups excluding carboxylic acids is 2. The molecular formula is C48H54BrF2N10O6P. The van der Waals surface area contributed by atoms with Gasteiger partial charge in [-0.25, -0.2) is 18.6 Å². The number of imide groups is 1. The Kier molecular flexibility index (Phi) is 13.7. The van der Waals surface area contributed by atoms with Crippen LogP contribution in [-0.4, -0.2) is 113 Å². The lowest BCUT2D eigenvalue weighted by Gasteiger charge is -2.43. The van der Waals surface area contributed by atoms with Gasteiger partial charge < -0.3 is 34.2 Å². The molecule has 3 aromatic carbocycles. The highest BCUT2D eigenvalue weighted by Gasteiger charge is 2.34. The fourth-order valence-electron chi connectivity index (χ4n) is 9.83. The Balaban J connectivity index is 0.831. The fourth-order valence-corrected chi connectivity index (χ4v) is 11.6. The Morgan fingerprint density at radius 1 is 0.926 bits per heavy atom. The van der Waals surface area contributed by atoms with Gasteiger partial charge in [0.15, 0.2) is 17.2 Å². The monoisotopic (exact) mass is 1010 g/mol. The number of fused-ring (bicyclic) bond motifs is 2. The van der Waals surface area contributed by atoms with Crippen LogP contribution in [0.3, 0.4) is 0 Å². The lowest BCUT2D eigenvalue weighted by atomic mass is 9.99. The number of nitrogens with one attached hydrogen (secondary N) is 3. The molecule has 68 heavy (non-hydrogen) atoms. The molecule has 358 valence electrons. The second-order valence-corrected chi connectivity index (χ2v) is 21.9. The normalized spacial score (nSPS) is 17.8. The first kappa shape index (κ1) is 47.3. The number of halogens is 3. The molecular weight excluding hydrogens is 961 g/mol. The van der Waals surface area contributed by atoms with Crippen molar-refractivity contribution in [3.8, 4) is 5.75 Å². The largest absolute Gasteiger partial charge is 0.492 e. The number of piperazine rings is 1. The zero-order chi connectivity index (χ0) is 47.9. The summed E-state index contributed by atoms with van der Waals surface area (Å²) in [5, 5.41) is 10.5. The van der Waals surface area contributed by atoms with E-state index in [2.05, 4.69) is 75.6 Å². The van der Waals surface area contributed by atoms with Gasteiger partial charge in [-0.1, -0.05) is 25.1 Å². The maximum Gasteiger partial charge on any atom is 0.420 e. The Morgan fingerprint density at radius 2 is 1.69 bits per heavy atom. The number of para-hydroxylation sites is 1. The van der Waals surface area contributed by atoms with E-state index in [1.807, 2.05) is 31.2 Å². The van der Waals surface area contributed by atoms with E-state index < -0.39 is 42.4 Å². The zero-order valence-corrected chi connectivity index (χ0v) is 40.9. The van der Waals surface area contributed by atoms with Crippen LogP contribution in [0.4, 0.5) is 37.6 Å². The molecule has 9 rings (SSSR count). The van der Waals surface area contributed by atoms with Gasteiger partial charge >= 0.3 is 5.76 Å². The number of aryl methyl sites for hydroxylation is 1. The summed E-state index contributed by atoms with van der Waals surface area (Å²) in [5.41, 5.74) is 4.31. The average molecular weight is 1020 g/mol.